The highest BCUT2D eigenvalue weighted by Gasteiger charge is 2.68. The average molecular weight is 374 g/mol. The van der Waals surface area contributed by atoms with Crippen LogP contribution in [0.25, 0.3) is 0 Å². The number of amides is 2. The van der Waals surface area contributed by atoms with Gasteiger partial charge in [0, 0.05) is 13.7 Å². The van der Waals surface area contributed by atoms with Crippen LogP contribution in [0.15, 0.2) is 30.3 Å². The van der Waals surface area contributed by atoms with E-state index in [0.29, 0.717) is 5.56 Å². The zero-order chi connectivity index (χ0) is 18.7. The van der Waals surface area contributed by atoms with Crippen molar-refractivity contribution in [3.63, 3.8) is 0 Å². The highest BCUT2D eigenvalue weighted by molar-refractivity contribution is 7.84. The molecule has 0 radical (unpaired) electrons. The lowest BCUT2D eigenvalue weighted by molar-refractivity contribution is -0.240. The SMILES string of the molecule is CCO[C@H]1N(S(=O)(=O)O)C(=O)[C@@]1(NC(=O)OCc1ccccc1)OC. The second kappa shape index (κ2) is 7.35. The van der Waals surface area contributed by atoms with E-state index in [1.807, 2.05) is 0 Å². The van der Waals surface area contributed by atoms with E-state index in [9.17, 15) is 18.0 Å². The molecule has 0 unspecified atom stereocenters. The quantitative estimate of drug-likeness (QED) is 0.395. The molecule has 1 aliphatic rings. The molecular formula is C14H18N2O8S. The summed E-state index contributed by atoms with van der Waals surface area (Å²) in [6.07, 6.45) is -2.58. The summed E-state index contributed by atoms with van der Waals surface area (Å²) in [7, 11) is -3.79. The van der Waals surface area contributed by atoms with Crippen molar-refractivity contribution in [2.45, 2.75) is 25.5 Å². The van der Waals surface area contributed by atoms with Gasteiger partial charge in [-0.1, -0.05) is 30.3 Å². The van der Waals surface area contributed by atoms with Crippen LogP contribution in [0.5, 0.6) is 0 Å². The molecule has 1 aromatic carbocycles. The summed E-state index contributed by atoms with van der Waals surface area (Å²) in [6.45, 7) is 1.47. The standard InChI is InChI=1S/C14H18N2O8S/c1-3-23-12-14(22-2,11(17)16(12)25(19,20)21)15-13(18)24-9-10-7-5-4-6-8-10/h4-8,12H,3,9H2,1-2H3,(H,15,18)(H,19,20,21)/t12-,14-/m1/s1. The number of hydrogen-bond acceptors (Lipinski definition) is 7. The number of alkyl carbamates (subject to hydrolysis) is 1. The topological polar surface area (TPSA) is 131 Å². The van der Waals surface area contributed by atoms with E-state index < -0.39 is 34.3 Å². The van der Waals surface area contributed by atoms with E-state index in [1.165, 1.54) is 0 Å². The minimum atomic E-state index is -4.87. The molecule has 0 spiro atoms. The normalized spacial score (nSPS) is 23.1. The van der Waals surface area contributed by atoms with Crippen molar-refractivity contribution in [3.05, 3.63) is 35.9 Å². The summed E-state index contributed by atoms with van der Waals surface area (Å²) in [5, 5.41) is 2.16. The van der Waals surface area contributed by atoms with Crippen molar-refractivity contribution in [1.82, 2.24) is 9.62 Å². The molecule has 0 aromatic heterocycles. The van der Waals surface area contributed by atoms with Crippen molar-refractivity contribution in [1.29, 1.82) is 0 Å². The van der Waals surface area contributed by atoms with Gasteiger partial charge in [-0.05, 0) is 12.5 Å². The number of carbonyl (C=O) groups excluding carboxylic acids is 2. The van der Waals surface area contributed by atoms with Crippen LogP contribution in [0.4, 0.5) is 4.79 Å². The molecule has 25 heavy (non-hydrogen) atoms. The number of methoxy groups -OCH3 is 1. The summed E-state index contributed by atoms with van der Waals surface area (Å²) in [5.41, 5.74) is -1.40. The first kappa shape index (κ1) is 19.1. The van der Waals surface area contributed by atoms with Crippen molar-refractivity contribution in [2.24, 2.45) is 0 Å². The summed E-state index contributed by atoms with van der Waals surface area (Å²) in [4.78, 5) is 24.2. The third-order valence-electron chi connectivity index (χ3n) is 3.47. The maximum Gasteiger partial charge on any atom is 0.410 e. The summed E-state index contributed by atoms with van der Waals surface area (Å²) >= 11 is 0. The lowest BCUT2D eigenvalue weighted by atomic mass is 10.0. The molecular weight excluding hydrogens is 356 g/mol. The third kappa shape index (κ3) is 3.74. The van der Waals surface area contributed by atoms with E-state index in [2.05, 4.69) is 5.32 Å². The molecule has 2 atom stereocenters. The van der Waals surface area contributed by atoms with Gasteiger partial charge in [0.15, 0.2) is 0 Å². The third-order valence-corrected chi connectivity index (χ3v) is 4.33. The number of hydrogen-bond donors (Lipinski definition) is 2. The van der Waals surface area contributed by atoms with Crippen molar-refractivity contribution in [2.75, 3.05) is 13.7 Å². The van der Waals surface area contributed by atoms with Crippen LogP contribution < -0.4 is 5.32 Å². The van der Waals surface area contributed by atoms with Gasteiger partial charge in [0.05, 0.1) is 0 Å². The fraction of sp³-hybridized carbons (Fsp3) is 0.429. The second-order valence-corrected chi connectivity index (χ2v) is 6.30. The fourth-order valence-corrected chi connectivity index (χ4v) is 3.11. The number of nitrogens with zero attached hydrogens (tertiary/aromatic N) is 1. The van der Waals surface area contributed by atoms with Gasteiger partial charge in [-0.3, -0.25) is 14.7 Å². The maximum atomic E-state index is 12.2. The van der Waals surface area contributed by atoms with Gasteiger partial charge in [0.2, 0.25) is 6.23 Å². The zero-order valence-electron chi connectivity index (χ0n) is 13.5. The number of β-lactam (4-membered cyclic amide) rings is 1. The number of benzene rings is 1. The van der Waals surface area contributed by atoms with Crippen LogP contribution >= 0.6 is 0 Å². The fourth-order valence-electron chi connectivity index (χ4n) is 2.31. The Labute approximate surface area is 144 Å². The first-order chi connectivity index (χ1) is 11.8. The molecule has 1 aliphatic heterocycles. The first-order valence-electron chi connectivity index (χ1n) is 7.23. The largest absolute Gasteiger partial charge is 0.445 e. The Morgan fingerprint density at radius 3 is 2.52 bits per heavy atom. The van der Waals surface area contributed by atoms with E-state index in [4.69, 9.17) is 18.8 Å². The van der Waals surface area contributed by atoms with Gasteiger partial charge < -0.3 is 14.2 Å². The van der Waals surface area contributed by atoms with Crippen LogP contribution in [0.3, 0.4) is 0 Å². The van der Waals surface area contributed by atoms with Crippen LogP contribution in [-0.2, 0) is 35.9 Å². The molecule has 2 rings (SSSR count). The monoisotopic (exact) mass is 374 g/mol. The predicted molar refractivity (Wildman–Crippen MR) is 83.3 cm³/mol. The Hall–Kier alpha value is -2.21. The van der Waals surface area contributed by atoms with Crippen LogP contribution in [0.2, 0.25) is 0 Å². The first-order valence-corrected chi connectivity index (χ1v) is 8.63. The van der Waals surface area contributed by atoms with Gasteiger partial charge in [0.1, 0.15) is 6.61 Å². The van der Waals surface area contributed by atoms with Crippen LogP contribution in [-0.4, -0.2) is 54.9 Å². The second-order valence-electron chi connectivity index (χ2n) is 5.01. The lowest BCUT2D eigenvalue weighted by Gasteiger charge is -2.50. The Balaban J connectivity index is 2.11. The van der Waals surface area contributed by atoms with Crippen molar-refractivity contribution < 1.29 is 36.8 Å². The Morgan fingerprint density at radius 2 is 2.00 bits per heavy atom. The molecule has 0 saturated carbocycles. The van der Waals surface area contributed by atoms with E-state index >= 15 is 0 Å². The molecule has 11 heteroatoms. The molecule has 1 aromatic rings. The molecule has 2 amide bonds. The minimum Gasteiger partial charge on any atom is -0.445 e. The van der Waals surface area contributed by atoms with E-state index in [0.717, 1.165) is 7.11 Å². The van der Waals surface area contributed by atoms with Crippen molar-refractivity contribution >= 4 is 22.3 Å². The highest BCUT2D eigenvalue weighted by Crippen LogP contribution is 2.35. The maximum absolute atomic E-state index is 12.2. The van der Waals surface area contributed by atoms with Gasteiger partial charge in [-0.2, -0.15) is 12.7 Å². The Bertz CT molecular complexity index is 738. The lowest BCUT2D eigenvalue weighted by Crippen LogP contribution is -2.82. The molecule has 138 valence electrons. The number of ether oxygens (including phenoxy) is 3. The number of carbonyl (C=O) groups is 2. The van der Waals surface area contributed by atoms with Gasteiger partial charge in [-0.25, -0.2) is 4.79 Å². The highest BCUT2D eigenvalue weighted by atomic mass is 32.2. The number of nitrogens with one attached hydrogen (secondary N) is 1. The predicted octanol–water partition coefficient (Wildman–Crippen LogP) is 0.263. The number of rotatable bonds is 7. The zero-order valence-corrected chi connectivity index (χ0v) is 14.4. The summed E-state index contributed by atoms with van der Waals surface area (Å²) in [5.74, 6) is -1.20. The molecule has 0 aliphatic carbocycles. The van der Waals surface area contributed by atoms with Gasteiger partial charge >= 0.3 is 16.4 Å². The Morgan fingerprint density at radius 1 is 1.36 bits per heavy atom. The van der Waals surface area contributed by atoms with Gasteiger partial charge in [-0.15, -0.1) is 0 Å². The van der Waals surface area contributed by atoms with Crippen molar-refractivity contribution in [3.8, 4) is 0 Å². The van der Waals surface area contributed by atoms with Crippen LogP contribution in [0.1, 0.15) is 12.5 Å². The smallest absolute Gasteiger partial charge is 0.410 e. The van der Waals surface area contributed by atoms with Crippen LogP contribution in [0, 0.1) is 0 Å². The molecule has 2 N–H and O–H groups in total. The molecule has 0 bridgehead atoms. The van der Waals surface area contributed by atoms with E-state index in [1.54, 1.807) is 37.3 Å². The molecule has 1 saturated heterocycles. The average Bonchev–Trinajstić information content (AvgIpc) is 2.57. The molecule has 10 nitrogen and oxygen atoms in total. The summed E-state index contributed by atoms with van der Waals surface area (Å²) in [6, 6.07) is 8.79. The van der Waals surface area contributed by atoms with E-state index in [-0.39, 0.29) is 17.5 Å². The molecule has 1 heterocycles. The minimum absolute atomic E-state index is 0.00415. The Kier molecular flexibility index (Phi) is 5.62. The summed E-state index contributed by atoms with van der Waals surface area (Å²) < 4.78 is 46.9. The molecule has 1 fully saturated rings. The van der Waals surface area contributed by atoms with Gasteiger partial charge in [0.25, 0.3) is 11.6 Å².